The Hall–Kier alpha value is -2.79. The first-order valence-electron chi connectivity index (χ1n) is 7.32. The molecule has 0 aliphatic heterocycles. The highest BCUT2D eigenvalue weighted by Gasteiger charge is 2.19. The molecule has 0 atom stereocenters. The van der Waals surface area contributed by atoms with E-state index in [-0.39, 0.29) is 5.56 Å². The number of carbonyl (C=O) groups is 1. The molecular formula is C18H15ClN2O3. The number of esters is 1. The molecule has 0 spiro atoms. The second-order valence-electron chi connectivity index (χ2n) is 5.22. The highest BCUT2D eigenvalue weighted by Crippen LogP contribution is 2.25. The third kappa shape index (κ3) is 3.12. The van der Waals surface area contributed by atoms with Crippen LogP contribution in [0.3, 0.4) is 0 Å². The van der Waals surface area contributed by atoms with Crippen molar-refractivity contribution in [2.75, 3.05) is 12.4 Å². The van der Waals surface area contributed by atoms with Crippen molar-refractivity contribution in [1.29, 1.82) is 0 Å². The molecule has 0 fully saturated rings. The van der Waals surface area contributed by atoms with Crippen LogP contribution in [0.15, 0.2) is 53.3 Å². The van der Waals surface area contributed by atoms with E-state index in [1.54, 1.807) is 12.1 Å². The number of methoxy groups -OCH3 is 1. The lowest BCUT2D eigenvalue weighted by Crippen LogP contribution is -2.22. The Kier molecular flexibility index (Phi) is 4.53. The van der Waals surface area contributed by atoms with E-state index in [0.717, 1.165) is 10.9 Å². The van der Waals surface area contributed by atoms with Gasteiger partial charge in [-0.1, -0.05) is 41.9 Å². The second kappa shape index (κ2) is 6.76. The molecule has 0 saturated heterocycles. The van der Waals surface area contributed by atoms with Gasteiger partial charge < -0.3 is 15.0 Å². The number of para-hydroxylation sites is 1. The molecule has 6 heteroatoms. The van der Waals surface area contributed by atoms with Gasteiger partial charge in [0.05, 0.1) is 18.3 Å². The van der Waals surface area contributed by atoms with Gasteiger partial charge in [-0.15, -0.1) is 0 Å². The molecule has 0 aliphatic rings. The van der Waals surface area contributed by atoms with Crippen molar-refractivity contribution < 1.29 is 9.53 Å². The van der Waals surface area contributed by atoms with Crippen LogP contribution in [0.4, 0.5) is 5.69 Å². The molecule has 0 unspecified atom stereocenters. The minimum Gasteiger partial charge on any atom is -0.465 e. The smallest absolute Gasteiger partial charge is 0.345 e. The van der Waals surface area contributed by atoms with Crippen LogP contribution in [0.1, 0.15) is 15.9 Å². The lowest BCUT2D eigenvalue weighted by atomic mass is 10.1. The van der Waals surface area contributed by atoms with Crippen molar-refractivity contribution in [3.05, 3.63) is 75.0 Å². The Morgan fingerprint density at radius 3 is 2.75 bits per heavy atom. The number of aromatic nitrogens is 1. The van der Waals surface area contributed by atoms with E-state index >= 15 is 0 Å². The first-order valence-corrected chi connectivity index (χ1v) is 7.69. The highest BCUT2D eigenvalue weighted by atomic mass is 35.5. The standard InChI is InChI=1S/C18H15ClN2O3/c1-24-18(23)15-16(20-10-11-5-4-6-12(19)9-11)13-7-2-3-8-14(13)21-17(15)22/h2-9H,10H2,1H3,(H2,20,21,22). The fraction of sp³-hybridized carbons (Fsp3) is 0.111. The summed E-state index contributed by atoms with van der Waals surface area (Å²) in [7, 11) is 1.25. The first-order chi connectivity index (χ1) is 11.6. The number of halogens is 1. The number of aromatic amines is 1. The summed E-state index contributed by atoms with van der Waals surface area (Å²) < 4.78 is 4.76. The largest absolute Gasteiger partial charge is 0.465 e. The molecule has 3 rings (SSSR count). The molecule has 24 heavy (non-hydrogen) atoms. The number of fused-ring (bicyclic) bond motifs is 1. The molecule has 0 radical (unpaired) electrons. The van der Waals surface area contributed by atoms with E-state index in [1.807, 2.05) is 36.4 Å². The maximum Gasteiger partial charge on any atom is 0.345 e. The predicted molar refractivity (Wildman–Crippen MR) is 94.7 cm³/mol. The number of nitrogens with one attached hydrogen (secondary N) is 2. The Balaban J connectivity index is 2.09. The van der Waals surface area contributed by atoms with Gasteiger partial charge in [-0.3, -0.25) is 4.79 Å². The molecule has 0 aliphatic carbocycles. The Bertz CT molecular complexity index is 966. The summed E-state index contributed by atoms with van der Waals surface area (Å²) in [6, 6.07) is 14.6. The van der Waals surface area contributed by atoms with Gasteiger partial charge in [0.1, 0.15) is 5.56 Å². The monoisotopic (exact) mass is 342 g/mol. The van der Waals surface area contributed by atoms with Gasteiger partial charge in [0, 0.05) is 17.0 Å². The van der Waals surface area contributed by atoms with E-state index in [9.17, 15) is 9.59 Å². The fourth-order valence-corrected chi connectivity index (χ4v) is 2.77. The second-order valence-corrected chi connectivity index (χ2v) is 5.66. The first kappa shape index (κ1) is 16.1. The van der Waals surface area contributed by atoms with Gasteiger partial charge in [0.25, 0.3) is 5.56 Å². The van der Waals surface area contributed by atoms with Crippen LogP contribution in [0.5, 0.6) is 0 Å². The number of H-pyrrole nitrogens is 1. The number of carbonyl (C=O) groups excluding carboxylic acids is 1. The number of hydrogen-bond acceptors (Lipinski definition) is 4. The van der Waals surface area contributed by atoms with Crippen LogP contribution < -0.4 is 10.9 Å². The van der Waals surface area contributed by atoms with Gasteiger partial charge >= 0.3 is 5.97 Å². The maximum absolute atomic E-state index is 12.3. The molecular weight excluding hydrogens is 328 g/mol. The van der Waals surface area contributed by atoms with E-state index in [1.165, 1.54) is 7.11 Å². The van der Waals surface area contributed by atoms with Crippen molar-refractivity contribution in [3.8, 4) is 0 Å². The third-order valence-corrected chi connectivity index (χ3v) is 3.90. The number of pyridine rings is 1. The molecule has 2 aromatic carbocycles. The van der Waals surface area contributed by atoms with Crippen LogP contribution in [-0.4, -0.2) is 18.1 Å². The van der Waals surface area contributed by atoms with E-state index in [4.69, 9.17) is 16.3 Å². The molecule has 0 bridgehead atoms. The average Bonchev–Trinajstić information content (AvgIpc) is 2.58. The van der Waals surface area contributed by atoms with Crippen LogP contribution in [0, 0.1) is 0 Å². The zero-order valence-corrected chi connectivity index (χ0v) is 13.7. The van der Waals surface area contributed by atoms with E-state index in [0.29, 0.717) is 22.8 Å². The number of rotatable bonds is 4. The minimum absolute atomic E-state index is 0.0433. The lowest BCUT2D eigenvalue weighted by Gasteiger charge is -2.13. The minimum atomic E-state index is -0.685. The number of benzene rings is 2. The molecule has 3 aromatic rings. The molecule has 1 heterocycles. The summed E-state index contributed by atoms with van der Waals surface area (Å²) in [6.45, 7) is 0.415. The molecule has 122 valence electrons. The van der Waals surface area contributed by atoms with Crippen molar-refractivity contribution in [3.63, 3.8) is 0 Å². The number of anilines is 1. The number of hydrogen-bond donors (Lipinski definition) is 2. The van der Waals surface area contributed by atoms with Crippen molar-refractivity contribution in [1.82, 2.24) is 4.98 Å². The number of ether oxygens (including phenoxy) is 1. The average molecular weight is 343 g/mol. The van der Waals surface area contributed by atoms with Crippen molar-refractivity contribution >= 4 is 34.2 Å². The Morgan fingerprint density at radius 2 is 2.00 bits per heavy atom. The summed E-state index contributed by atoms with van der Waals surface area (Å²) in [5.41, 5.74) is 1.49. The van der Waals surface area contributed by atoms with Gasteiger partial charge in [-0.05, 0) is 23.8 Å². The summed E-state index contributed by atoms with van der Waals surface area (Å²) in [4.78, 5) is 27.1. The maximum atomic E-state index is 12.3. The normalized spacial score (nSPS) is 10.6. The molecule has 2 N–H and O–H groups in total. The summed E-state index contributed by atoms with van der Waals surface area (Å²) in [5, 5.41) is 4.54. The van der Waals surface area contributed by atoms with Crippen LogP contribution >= 0.6 is 11.6 Å². The lowest BCUT2D eigenvalue weighted by molar-refractivity contribution is 0.0600. The summed E-state index contributed by atoms with van der Waals surface area (Å²) in [5.74, 6) is -0.685. The quantitative estimate of drug-likeness (QED) is 0.711. The Labute approximate surface area is 143 Å². The Morgan fingerprint density at radius 1 is 1.21 bits per heavy atom. The zero-order valence-electron chi connectivity index (χ0n) is 12.9. The predicted octanol–water partition coefficient (Wildman–Crippen LogP) is 3.58. The van der Waals surface area contributed by atoms with Crippen LogP contribution in [-0.2, 0) is 11.3 Å². The zero-order chi connectivity index (χ0) is 17.1. The van der Waals surface area contributed by atoms with E-state index in [2.05, 4.69) is 10.3 Å². The van der Waals surface area contributed by atoms with Gasteiger partial charge in [-0.2, -0.15) is 0 Å². The topological polar surface area (TPSA) is 71.2 Å². The third-order valence-electron chi connectivity index (χ3n) is 3.67. The molecule has 0 saturated carbocycles. The molecule has 1 aromatic heterocycles. The highest BCUT2D eigenvalue weighted by molar-refractivity contribution is 6.30. The van der Waals surface area contributed by atoms with Gasteiger partial charge in [0.15, 0.2) is 0 Å². The van der Waals surface area contributed by atoms with Crippen LogP contribution in [0.2, 0.25) is 5.02 Å². The van der Waals surface area contributed by atoms with Gasteiger partial charge in [0.2, 0.25) is 0 Å². The summed E-state index contributed by atoms with van der Waals surface area (Å²) >= 11 is 5.99. The molecule has 5 nitrogen and oxygen atoms in total. The SMILES string of the molecule is COC(=O)c1c(NCc2cccc(Cl)c2)c2ccccc2[nH]c1=O. The van der Waals surface area contributed by atoms with Crippen LogP contribution in [0.25, 0.3) is 10.9 Å². The van der Waals surface area contributed by atoms with E-state index < -0.39 is 11.5 Å². The summed E-state index contributed by atoms with van der Waals surface area (Å²) in [6.07, 6.45) is 0. The fourth-order valence-electron chi connectivity index (χ4n) is 2.56. The van der Waals surface area contributed by atoms with Gasteiger partial charge in [-0.25, -0.2) is 4.79 Å². The van der Waals surface area contributed by atoms with Crippen molar-refractivity contribution in [2.45, 2.75) is 6.54 Å². The van der Waals surface area contributed by atoms with Crippen molar-refractivity contribution in [2.24, 2.45) is 0 Å². The molecule has 0 amide bonds.